The molecule has 0 aromatic heterocycles. The maximum atomic E-state index is 13.4. The third kappa shape index (κ3) is 47.6. The van der Waals surface area contributed by atoms with Crippen molar-refractivity contribution < 1.29 is 64.6 Å². The molecule has 12 unspecified atom stereocenters. The number of rotatable bonds is 64. The molecule has 14 heteroatoms. The summed E-state index contributed by atoms with van der Waals surface area (Å²) >= 11 is 0. The average Bonchev–Trinajstić information content (AvgIpc) is 0.897. The summed E-state index contributed by atoms with van der Waals surface area (Å²) in [5.41, 5.74) is 0. The number of ether oxygens (including phenoxy) is 4. The molecule has 0 spiro atoms. The van der Waals surface area contributed by atoms with E-state index in [4.69, 9.17) is 18.9 Å². The van der Waals surface area contributed by atoms with Gasteiger partial charge in [-0.2, -0.15) is 0 Å². The van der Waals surface area contributed by atoms with Crippen LogP contribution in [0.5, 0.6) is 0 Å². The van der Waals surface area contributed by atoms with E-state index in [0.717, 1.165) is 103 Å². The topological polar surface area (TPSA) is 228 Å². The van der Waals surface area contributed by atoms with Gasteiger partial charge in [-0.15, -0.1) is 0 Å². The Balaban J connectivity index is 1.58. The lowest BCUT2D eigenvalue weighted by molar-refractivity contribution is -0.359. The standard InChI is InChI=1S/C81H143NO13/c1-3-5-7-9-11-13-15-17-19-21-23-25-26-27-28-29-30-31-32-33-34-35-36-37-38-39-40-41-42-43-44-45-47-49-51-53-55-57-59-61-63-65-73(86)82-69(70(85)64-62-60-58-56-54-52-50-48-46-24-22-20-18-16-14-12-10-8-6-4-2)68-92-80-78(91)76(89)79(72(67-84)94-80)95-81-77(90)75(88)74(87)71(66-83)93-81/h5,7,11,13,17,19,23,25,27-28,30-31,33-34,36-37,69-72,74-81,83-85,87-91H,3-4,6,8-10,12,14-16,18,20-22,24,26,29,32,35,38-68H2,1-2H3,(H,82,86)/b7-5-,13-11-,19-17-,25-23-,28-27-,31-30-,34-33-,37-36-. The quantitative estimate of drug-likeness (QED) is 0.0204. The number of nitrogens with one attached hydrogen (secondary N) is 1. The molecule has 9 N–H and O–H groups in total. The summed E-state index contributed by atoms with van der Waals surface area (Å²) in [4.78, 5) is 13.4. The smallest absolute Gasteiger partial charge is 0.220 e. The molecule has 2 rings (SSSR count). The number of aliphatic hydroxyl groups excluding tert-OH is 8. The molecule has 2 aliphatic heterocycles. The maximum Gasteiger partial charge on any atom is 0.220 e. The van der Waals surface area contributed by atoms with Crippen molar-refractivity contribution in [3.05, 3.63) is 97.2 Å². The summed E-state index contributed by atoms with van der Waals surface area (Å²) in [7, 11) is 0. The lowest BCUT2D eigenvalue weighted by atomic mass is 9.97. The molecule has 2 saturated heterocycles. The van der Waals surface area contributed by atoms with Gasteiger partial charge >= 0.3 is 0 Å². The fourth-order valence-corrected chi connectivity index (χ4v) is 12.4. The van der Waals surface area contributed by atoms with Crippen molar-refractivity contribution in [2.75, 3.05) is 19.8 Å². The molecule has 0 radical (unpaired) electrons. The summed E-state index contributed by atoms with van der Waals surface area (Å²) in [6, 6.07) is -0.833. The van der Waals surface area contributed by atoms with Crippen LogP contribution >= 0.6 is 0 Å². The van der Waals surface area contributed by atoms with Gasteiger partial charge in [0, 0.05) is 6.42 Å². The van der Waals surface area contributed by atoms with E-state index < -0.39 is 86.8 Å². The first kappa shape index (κ1) is 88.0. The van der Waals surface area contributed by atoms with Gasteiger partial charge in [0.25, 0.3) is 0 Å². The van der Waals surface area contributed by atoms with Crippen LogP contribution in [0.2, 0.25) is 0 Å². The molecule has 2 heterocycles. The summed E-state index contributed by atoms with van der Waals surface area (Å²) in [6.07, 6.45) is 74.3. The molecule has 0 aliphatic carbocycles. The lowest BCUT2D eigenvalue weighted by Crippen LogP contribution is -2.65. The first-order chi connectivity index (χ1) is 46.6. The van der Waals surface area contributed by atoms with Gasteiger partial charge in [-0.05, 0) is 77.0 Å². The van der Waals surface area contributed by atoms with Gasteiger partial charge in [-0.25, -0.2) is 0 Å². The molecule has 2 aliphatic rings. The van der Waals surface area contributed by atoms with Crippen LogP contribution in [-0.2, 0) is 23.7 Å². The van der Waals surface area contributed by atoms with Gasteiger partial charge in [0.15, 0.2) is 12.6 Å². The first-order valence-corrected chi connectivity index (χ1v) is 39.0. The molecule has 2 fully saturated rings. The monoisotopic (exact) mass is 1340 g/mol. The molecule has 14 nitrogen and oxygen atoms in total. The average molecular weight is 1340 g/mol. The number of aliphatic hydroxyl groups is 8. The van der Waals surface area contributed by atoms with Crippen molar-refractivity contribution in [3.8, 4) is 0 Å². The number of hydrogen-bond acceptors (Lipinski definition) is 13. The number of carbonyl (C=O) groups excluding carboxylic acids is 1. The molecule has 0 aromatic rings. The number of amides is 1. The zero-order valence-electron chi connectivity index (χ0n) is 60.1. The second kappa shape index (κ2) is 64.3. The number of hydrogen-bond donors (Lipinski definition) is 9. The van der Waals surface area contributed by atoms with Crippen LogP contribution in [0.3, 0.4) is 0 Å². The van der Waals surface area contributed by atoms with Crippen LogP contribution in [0.1, 0.15) is 316 Å². The highest BCUT2D eigenvalue weighted by Gasteiger charge is 2.51. The third-order valence-corrected chi connectivity index (χ3v) is 18.6. The SMILES string of the molecule is CC/C=C\C/C=C\C/C=C\C/C=C\C/C=C\C/C=C\C/C=C\C/C=C\CCCCCCCCCCCCCCCCCCC(=O)NC(COC1OC(CO)C(OC2OC(CO)C(O)C(O)C2O)C(O)C1O)C(O)CCCCCCCCCCCCCCCCCCCCCC. The van der Waals surface area contributed by atoms with E-state index in [1.165, 1.54) is 186 Å². The highest BCUT2D eigenvalue weighted by Crippen LogP contribution is 2.30. The van der Waals surface area contributed by atoms with Gasteiger partial charge in [0.1, 0.15) is 48.8 Å². The fourth-order valence-electron chi connectivity index (χ4n) is 12.4. The van der Waals surface area contributed by atoms with Crippen LogP contribution in [0.25, 0.3) is 0 Å². The minimum Gasteiger partial charge on any atom is -0.394 e. The van der Waals surface area contributed by atoms with E-state index in [9.17, 15) is 45.6 Å². The van der Waals surface area contributed by atoms with Crippen molar-refractivity contribution in [2.45, 2.75) is 389 Å². The van der Waals surface area contributed by atoms with E-state index in [0.29, 0.717) is 12.8 Å². The maximum absolute atomic E-state index is 13.4. The Morgan fingerprint density at radius 3 is 1.12 bits per heavy atom. The van der Waals surface area contributed by atoms with Gasteiger partial charge in [-0.1, -0.05) is 329 Å². The van der Waals surface area contributed by atoms with Gasteiger partial charge < -0.3 is 65.1 Å². The Labute approximate surface area is 579 Å². The Bertz CT molecular complexity index is 1970. The number of carbonyl (C=O) groups is 1. The third-order valence-electron chi connectivity index (χ3n) is 18.6. The van der Waals surface area contributed by atoms with Crippen LogP contribution in [0.4, 0.5) is 0 Å². The molecular formula is C81H143NO13. The highest BCUT2D eigenvalue weighted by atomic mass is 16.7. The molecule has 1 amide bonds. The van der Waals surface area contributed by atoms with E-state index in [1.54, 1.807) is 0 Å². The minimum absolute atomic E-state index is 0.205. The fraction of sp³-hybridized carbons (Fsp3) is 0.790. The zero-order valence-corrected chi connectivity index (χ0v) is 60.1. The summed E-state index contributed by atoms with van der Waals surface area (Å²) < 4.78 is 23.0. The Kier molecular flexibility index (Phi) is 59.6. The molecule has 0 bridgehead atoms. The van der Waals surface area contributed by atoms with E-state index in [2.05, 4.69) is 116 Å². The summed E-state index contributed by atoms with van der Waals surface area (Å²) in [5, 5.41) is 87.7. The Hall–Kier alpha value is -3.09. The summed E-state index contributed by atoms with van der Waals surface area (Å²) in [6.45, 7) is 2.78. The first-order valence-electron chi connectivity index (χ1n) is 39.0. The van der Waals surface area contributed by atoms with E-state index in [1.807, 2.05) is 0 Å². The Morgan fingerprint density at radius 1 is 0.389 bits per heavy atom. The molecule has 95 heavy (non-hydrogen) atoms. The van der Waals surface area contributed by atoms with Crippen molar-refractivity contribution in [3.63, 3.8) is 0 Å². The molecule has 0 aromatic carbocycles. The lowest BCUT2D eigenvalue weighted by Gasteiger charge is -2.46. The Morgan fingerprint density at radius 2 is 0.726 bits per heavy atom. The molecule has 12 atom stereocenters. The normalized spacial score (nSPS) is 22.9. The van der Waals surface area contributed by atoms with Crippen LogP contribution in [0, 0.1) is 0 Å². The number of allylic oxidation sites excluding steroid dienone is 16. The predicted octanol–water partition coefficient (Wildman–Crippen LogP) is 17.3. The van der Waals surface area contributed by atoms with Crippen molar-refractivity contribution in [2.24, 2.45) is 0 Å². The van der Waals surface area contributed by atoms with Crippen LogP contribution in [-0.4, -0.2) is 140 Å². The second-order valence-electron chi connectivity index (χ2n) is 27.1. The van der Waals surface area contributed by atoms with Gasteiger partial charge in [0.05, 0.1) is 32.0 Å². The molecular weight excluding hydrogens is 1190 g/mol. The van der Waals surface area contributed by atoms with E-state index in [-0.39, 0.29) is 12.5 Å². The van der Waals surface area contributed by atoms with Crippen LogP contribution in [0.15, 0.2) is 97.2 Å². The minimum atomic E-state index is -1.79. The van der Waals surface area contributed by atoms with Gasteiger partial charge in [0.2, 0.25) is 5.91 Å². The number of unbranched alkanes of at least 4 members (excludes halogenated alkanes) is 35. The van der Waals surface area contributed by atoms with Crippen LogP contribution < -0.4 is 5.32 Å². The predicted molar refractivity (Wildman–Crippen MR) is 392 cm³/mol. The highest BCUT2D eigenvalue weighted by molar-refractivity contribution is 5.76. The molecule has 0 saturated carbocycles. The second-order valence-corrected chi connectivity index (χ2v) is 27.1. The largest absolute Gasteiger partial charge is 0.394 e. The van der Waals surface area contributed by atoms with Crippen molar-refractivity contribution >= 4 is 5.91 Å². The van der Waals surface area contributed by atoms with Crippen molar-refractivity contribution in [1.29, 1.82) is 0 Å². The van der Waals surface area contributed by atoms with Gasteiger partial charge in [-0.3, -0.25) is 4.79 Å². The van der Waals surface area contributed by atoms with E-state index >= 15 is 0 Å². The molecule has 550 valence electrons. The van der Waals surface area contributed by atoms with Crippen molar-refractivity contribution in [1.82, 2.24) is 5.32 Å². The summed E-state index contributed by atoms with van der Waals surface area (Å²) in [5.74, 6) is -0.205. The zero-order chi connectivity index (χ0) is 68.7.